The first-order valence-electron chi connectivity index (χ1n) is 5.47. The van der Waals surface area contributed by atoms with Crippen LogP contribution < -0.4 is 11.1 Å². The van der Waals surface area contributed by atoms with Gasteiger partial charge in [0.1, 0.15) is 0 Å². The Morgan fingerprint density at radius 1 is 1.26 bits per heavy atom. The minimum Gasteiger partial charge on any atom is -0.375 e. The van der Waals surface area contributed by atoms with Gasteiger partial charge >= 0.3 is 0 Å². The zero-order chi connectivity index (χ0) is 13.2. The smallest absolute Gasteiger partial charge is 0.258 e. The van der Waals surface area contributed by atoms with Gasteiger partial charge in [-0.25, -0.2) is 15.0 Å². The maximum atomic E-state index is 12.0. The molecule has 0 bridgehead atoms. The van der Waals surface area contributed by atoms with Gasteiger partial charge in [-0.1, -0.05) is 11.3 Å². The molecule has 1 aromatic carbocycles. The molecule has 0 unspecified atom stereocenters. The van der Waals surface area contributed by atoms with Crippen LogP contribution in [-0.2, 0) is 0 Å². The van der Waals surface area contributed by atoms with Crippen molar-refractivity contribution in [2.24, 2.45) is 0 Å². The minimum absolute atomic E-state index is 0.264. The number of carbonyl (C=O) groups is 1. The van der Waals surface area contributed by atoms with Crippen molar-refractivity contribution in [1.29, 1.82) is 0 Å². The molecule has 3 N–H and O–H groups in total. The molecule has 6 nitrogen and oxygen atoms in total. The zero-order valence-corrected chi connectivity index (χ0v) is 10.5. The molecule has 2 heterocycles. The molecule has 19 heavy (non-hydrogen) atoms. The van der Waals surface area contributed by atoms with Crippen LogP contribution in [0.5, 0.6) is 0 Å². The van der Waals surface area contributed by atoms with E-state index in [0.717, 1.165) is 10.2 Å². The number of carbonyl (C=O) groups excluding carboxylic acids is 1. The lowest BCUT2D eigenvalue weighted by Gasteiger charge is -2.02. The fraction of sp³-hybridized carbons (Fsp3) is 0. The summed E-state index contributed by atoms with van der Waals surface area (Å²) < 4.78 is 0.874. The van der Waals surface area contributed by atoms with Crippen LogP contribution in [0.15, 0.2) is 36.7 Å². The standard InChI is InChI=1S/C12H9N5OS/c13-11-16-8-3-2-7(6-9(8)19-11)10(18)17-12-14-4-1-5-15-12/h1-6H,(H2,13,16)(H,14,15,17,18). The summed E-state index contributed by atoms with van der Waals surface area (Å²) in [4.78, 5) is 24.0. The Balaban J connectivity index is 1.89. The summed E-state index contributed by atoms with van der Waals surface area (Å²) in [5, 5.41) is 3.11. The molecule has 0 fully saturated rings. The maximum Gasteiger partial charge on any atom is 0.258 e. The molecule has 7 heteroatoms. The van der Waals surface area contributed by atoms with E-state index in [1.165, 1.54) is 11.3 Å². The zero-order valence-electron chi connectivity index (χ0n) is 9.70. The first-order chi connectivity index (χ1) is 9.22. The minimum atomic E-state index is -0.264. The van der Waals surface area contributed by atoms with Gasteiger partial charge in [-0.15, -0.1) is 0 Å². The lowest BCUT2D eigenvalue weighted by Crippen LogP contribution is -2.13. The van der Waals surface area contributed by atoms with Gasteiger partial charge in [-0.2, -0.15) is 0 Å². The van der Waals surface area contributed by atoms with E-state index < -0.39 is 0 Å². The molecule has 0 saturated carbocycles. The Bertz CT molecular complexity index is 740. The largest absolute Gasteiger partial charge is 0.375 e. The lowest BCUT2D eigenvalue weighted by molar-refractivity contribution is 0.102. The topological polar surface area (TPSA) is 93.8 Å². The quantitative estimate of drug-likeness (QED) is 0.742. The van der Waals surface area contributed by atoms with Gasteiger partial charge in [0.15, 0.2) is 5.13 Å². The Hall–Kier alpha value is -2.54. The number of anilines is 2. The van der Waals surface area contributed by atoms with Gasteiger partial charge < -0.3 is 5.73 Å². The summed E-state index contributed by atoms with van der Waals surface area (Å²) in [5.74, 6) is 0.0106. The molecule has 0 atom stereocenters. The molecule has 2 aromatic heterocycles. The van der Waals surface area contributed by atoms with Crippen molar-refractivity contribution in [3.05, 3.63) is 42.2 Å². The van der Waals surface area contributed by atoms with Gasteiger partial charge in [-0.05, 0) is 24.3 Å². The number of aromatic nitrogens is 3. The molecule has 3 rings (SSSR count). The third kappa shape index (κ3) is 2.36. The van der Waals surface area contributed by atoms with Gasteiger partial charge in [0.25, 0.3) is 5.91 Å². The van der Waals surface area contributed by atoms with E-state index in [2.05, 4.69) is 20.3 Å². The predicted octanol–water partition coefficient (Wildman–Crippen LogP) is 1.92. The Morgan fingerprint density at radius 3 is 2.84 bits per heavy atom. The Kier molecular flexibility index (Phi) is 2.81. The number of nitrogens with one attached hydrogen (secondary N) is 1. The average molecular weight is 271 g/mol. The SMILES string of the molecule is Nc1nc2ccc(C(=O)Nc3ncccn3)cc2s1. The molecule has 94 valence electrons. The van der Waals surface area contributed by atoms with Crippen LogP contribution >= 0.6 is 11.3 Å². The highest BCUT2D eigenvalue weighted by molar-refractivity contribution is 7.22. The predicted molar refractivity (Wildman–Crippen MR) is 74.0 cm³/mol. The number of benzene rings is 1. The summed E-state index contributed by atoms with van der Waals surface area (Å²) in [7, 11) is 0. The molecule has 0 aliphatic carbocycles. The Morgan fingerprint density at radius 2 is 2.05 bits per heavy atom. The summed E-state index contributed by atoms with van der Waals surface area (Å²) in [6.07, 6.45) is 3.13. The molecule has 0 saturated heterocycles. The van der Waals surface area contributed by atoms with Crippen molar-refractivity contribution in [1.82, 2.24) is 15.0 Å². The summed E-state index contributed by atoms with van der Waals surface area (Å²) >= 11 is 1.35. The molecule has 0 aliphatic rings. The maximum absolute atomic E-state index is 12.0. The lowest BCUT2D eigenvalue weighted by atomic mass is 10.2. The van der Waals surface area contributed by atoms with E-state index in [1.807, 2.05) is 0 Å². The molecule has 3 aromatic rings. The summed E-state index contributed by atoms with van der Waals surface area (Å²) in [5.41, 5.74) is 6.93. The number of fused-ring (bicyclic) bond motifs is 1. The van der Waals surface area contributed by atoms with E-state index in [4.69, 9.17) is 5.73 Å². The van der Waals surface area contributed by atoms with E-state index in [9.17, 15) is 4.79 Å². The third-order valence-corrected chi connectivity index (χ3v) is 3.31. The van der Waals surface area contributed by atoms with E-state index >= 15 is 0 Å². The number of amides is 1. The fourth-order valence-electron chi connectivity index (χ4n) is 1.62. The number of hydrogen-bond donors (Lipinski definition) is 2. The van der Waals surface area contributed by atoms with Gasteiger partial charge in [0.2, 0.25) is 5.95 Å². The highest BCUT2D eigenvalue weighted by atomic mass is 32.1. The number of nitrogens with zero attached hydrogens (tertiary/aromatic N) is 3. The van der Waals surface area contributed by atoms with Crippen LogP contribution in [0.4, 0.5) is 11.1 Å². The van der Waals surface area contributed by atoms with Gasteiger partial charge in [0, 0.05) is 18.0 Å². The number of hydrogen-bond acceptors (Lipinski definition) is 6. The van der Waals surface area contributed by atoms with Crippen molar-refractivity contribution >= 4 is 38.5 Å². The molecule has 0 aliphatic heterocycles. The van der Waals surface area contributed by atoms with Gasteiger partial charge in [-0.3, -0.25) is 10.1 Å². The van der Waals surface area contributed by atoms with Crippen molar-refractivity contribution in [2.45, 2.75) is 0 Å². The van der Waals surface area contributed by atoms with Crippen molar-refractivity contribution in [3.63, 3.8) is 0 Å². The molecule has 0 radical (unpaired) electrons. The van der Waals surface area contributed by atoms with Crippen LogP contribution in [0.25, 0.3) is 10.2 Å². The highest BCUT2D eigenvalue weighted by Gasteiger charge is 2.09. The van der Waals surface area contributed by atoms with E-state index in [1.54, 1.807) is 36.7 Å². The van der Waals surface area contributed by atoms with Crippen molar-refractivity contribution in [3.8, 4) is 0 Å². The number of nitrogen functional groups attached to an aromatic ring is 1. The van der Waals surface area contributed by atoms with Crippen LogP contribution in [0.2, 0.25) is 0 Å². The van der Waals surface area contributed by atoms with Crippen molar-refractivity contribution < 1.29 is 4.79 Å². The van der Waals surface area contributed by atoms with Crippen LogP contribution in [0.3, 0.4) is 0 Å². The van der Waals surface area contributed by atoms with E-state index in [-0.39, 0.29) is 11.9 Å². The highest BCUT2D eigenvalue weighted by Crippen LogP contribution is 2.24. The second-order valence-electron chi connectivity index (χ2n) is 3.76. The first-order valence-corrected chi connectivity index (χ1v) is 6.28. The molecule has 0 spiro atoms. The van der Waals surface area contributed by atoms with Crippen LogP contribution in [0, 0.1) is 0 Å². The summed E-state index contributed by atoms with van der Waals surface area (Å²) in [6.45, 7) is 0. The van der Waals surface area contributed by atoms with Crippen LogP contribution in [-0.4, -0.2) is 20.9 Å². The van der Waals surface area contributed by atoms with E-state index in [0.29, 0.717) is 10.7 Å². The molecule has 1 amide bonds. The fourth-order valence-corrected chi connectivity index (χ4v) is 2.39. The summed E-state index contributed by atoms with van der Waals surface area (Å²) in [6, 6.07) is 6.90. The Labute approximate surface area is 112 Å². The normalized spacial score (nSPS) is 10.5. The second kappa shape index (κ2) is 4.62. The number of nitrogens with two attached hydrogens (primary N) is 1. The number of rotatable bonds is 2. The second-order valence-corrected chi connectivity index (χ2v) is 4.82. The van der Waals surface area contributed by atoms with Gasteiger partial charge in [0.05, 0.1) is 10.2 Å². The monoisotopic (exact) mass is 271 g/mol. The average Bonchev–Trinajstić information content (AvgIpc) is 2.78. The third-order valence-electron chi connectivity index (χ3n) is 2.46. The molecular weight excluding hydrogens is 262 g/mol. The molecular formula is C12H9N5OS. The first kappa shape index (κ1) is 11.5. The van der Waals surface area contributed by atoms with Crippen LogP contribution in [0.1, 0.15) is 10.4 Å². The number of thiazole rings is 1. The van der Waals surface area contributed by atoms with Crippen molar-refractivity contribution in [2.75, 3.05) is 11.1 Å².